The molecule has 0 amide bonds. The third-order valence-corrected chi connectivity index (χ3v) is 4.82. The first-order valence-corrected chi connectivity index (χ1v) is 8.91. The first-order chi connectivity index (χ1) is 10.9. The number of benzene rings is 1. The molecule has 0 N–H and O–H groups in total. The molecule has 0 unspecified atom stereocenters. The van der Waals surface area contributed by atoms with Gasteiger partial charge in [0.25, 0.3) is 0 Å². The van der Waals surface area contributed by atoms with Crippen LogP contribution in [0, 0.1) is 0 Å². The van der Waals surface area contributed by atoms with E-state index >= 15 is 0 Å². The van der Waals surface area contributed by atoms with E-state index in [2.05, 4.69) is 10.1 Å². The summed E-state index contributed by atoms with van der Waals surface area (Å²) in [7, 11) is 0. The van der Waals surface area contributed by atoms with E-state index in [4.69, 9.17) is 9.57 Å². The fraction of sp³-hybridized carbons (Fsp3) is 0.529. The maximum Gasteiger partial charge on any atom is 0.354 e. The van der Waals surface area contributed by atoms with E-state index in [0.29, 0.717) is 18.9 Å². The van der Waals surface area contributed by atoms with E-state index in [-0.39, 0.29) is 5.97 Å². The van der Waals surface area contributed by atoms with E-state index < -0.39 is 5.54 Å². The van der Waals surface area contributed by atoms with Crippen LogP contribution < -0.4 is 0 Å². The smallest absolute Gasteiger partial charge is 0.354 e. The van der Waals surface area contributed by atoms with Gasteiger partial charge < -0.3 is 9.57 Å². The SMILES string of the molecule is CSc1ccc(C(C)=NOC(=O)C(C)(C)N2CCOCC2)cc1. The maximum atomic E-state index is 12.4. The zero-order valence-electron chi connectivity index (χ0n) is 14.2. The monoisotopic (exact) mass is 336 g/mol. The van der Waals surface area contributed by atoms with Crippen LogP contribution in [0.2, 0.25) is 0 Å². The average molecular weight is 336 g/mol. The first-order valence-electron chi connectivity index (χ1n) is 7.68. The van der Waals surface area contributed by atoms with Crippen molar-refractivity contribution in [2.75, 3.05) is 32.6 Å². The van der Waals surface area contributed by atoms with Gasteiger partial charge in [0.05, 0.1) is 18.9 Å². The fourth-order valence-electron chi connectivity index (χ4n) is 2.36. The number of hydrogen-bond acceptors (Lipinski definition) is 6. The molecule has 1 fully saturated rings. The Hall–Kier alpha value is -1.37. The van der Waals surface area contributed by atoms with Gasteiger partial charge in [-0.25, -0.2) is 4.79 Å². The minimum absolute atomic E-state index is 0.348. The maximum absolute atomic E-state index is 12.4. The second-order valence-electron chi connectivity index (χ2n) is 5.94. The highest BCUT2D eigenvalue weighted by molar-refractivity contribution is 7.98. The van der Waals surface area contributed by atoms with Gasteiger partial charge in [-0.05, 0) is 44.7 Å². The highest BCUT2D eigenvalue weighted by atomic mass is 32.2. The van der Waals surface area contributed by atoms with Crippen LogP contribution in [0.4, 0.5) is 0 Å². The topological polar surface area (TPSA) is 51.1 Å². The molecule has 0 aliphatic carbocycles. The van der Waals surface area contributed by atoms with Crippen LogP contribution in [0.5, 0.6) is 0 Å². The van der Waals surface area contributed by atoms with Gasteiger partial charge in [-0.2, -0.15) is 0 Å². The number of carbonyl (C=O) groups is 1. The molecule has 6 heteroatoms. The summed E-state index contributed by atoms with van der Waals surface area (Å²) < 4.78 is 5.33. The third kappa shape index (κ3) is 4.56. The Bertz CT molecular complexity index is 564. The molecule has 0 radical (unpaired) electrons. The summed E-state index contributed by atoms with van der Waals surface area (Å²) in [6.07, 6.45) is 2.03. The van der Waals surface area contributed by atoms with Crippen molar-refractivity contribution < 1.29 is 14.4 Å². The van der Waals surface area contributed by atoms with Crippen molar-refractivity contribution in [2.45, 2.75) is 31.2 Å². The van der Waals surface area contributed by atoms with Gasteiger partial charge in [-0.15, -0.1) is 11.8 Å². The number of thioether (sulfide) groups is 1. The number of ether oxygens (including phenoxy) is 1. The van der Waals surface area contributed by atoms with E-state index in [1.165, 1.54) is 4.90 Å². The molecule has 1 aromatic carbocycles. The van der Waals surface area contributed by atoms with Gasteiger partial charge in [0, 0.05) is 18.0 Å². The van der Waals surface area contributed by atoms with Crippen molar-refractivity contribution in [1.82, 2.24) is 4.90 Å². The standard InChI is InChI=1S/C17H24N2O3S/c1-13(14-5-7-15(23-4)8-6-14)18-22-16(20)17(2,3)19-9-11-21-12-10-19/h5-8H,9-12H2,1-4H3. The van der Waals surface area contributed by atoms with Crippen LogP contribution in [-0.4, -0.2) is 54.7 Å². The van der Waals surface area contributed by atoms with E-state index in [1.54, 1.807) is 11.8 Å². The Morgan fingerprint density at radius 1 is 1.26 bits per heavy atom. The largest absolute Gasteiger partial charge is 0.379 e. The zero-order chi connectivity index (χ0) is 16.9. The van der Waals surface area contributed by atoms with Crippen LogP contribution in [0.3, 0.4) is 0 Å². The number of hydrogen-bond donors (Lipinski definition) is 0. The summed E-state index contributed by atoms with van der Waals surface area (Å²) in [6, 6.07) is 8.01. The zero-order valence-corrected chi connectivity index (χ0v) is 15.0. The van der Waals surface area contributed by atoms with E-state index in [1.807, 2.05) is 51.3 Å². The molecule has 23 heavy (non-hydrogen) atoms. The molecular formula is C17H24N2O3S. The predicted molar refractivity (Wildman–Crippen MR) is 93.0 cm³/mol. The number of rotatable bonds is 5. The highest BCUT2D eigenvalue weighted by Crippen LogP contribution is 2.19. The minimum atomic E-state index is -0.712. The van der Waals surface area contributed by atoms with Gasteiger partial charge in [0.2, 0.25) is 0 Å². The lowest BCUT2D eigenvalue weighted by Crippen LogP contribution is -2.54. The first kappa shape index (κ1) is 18.0. The molecule has 2 rings (SSSR count). The van der Waals surface area contributed by atoms with Crippen LogP contribution in [0.25, 0.3) is 0 Å². The van der Waals surface area contributed by atoms with Crippen molar-refractivity contribution >= 4 is 23.4 Å². The van der Waals surface area contributed by atoms with Crippen LogP contribution >= 0.6 is 11.8 Å². The lowest BCUT2D eigenvalue weighted by Gasteiger charge is -2.37. The molecule has 5 nitrogen and oxygen atoms in total. The molecule has 0 atom stereocenters. The summed E-state index contributed by atoms with van der Waals surface area (Å²) in [5.41, 5.74) is 0.916. The van der Waals surface area contributed by atoms with E-state index in [0.717, 1.165) is 18.7 Å². The van der Waals surface area contributed by atoms with Gasteiger partial charge in [-0.3, -0.25) is 4.90 Å². The fourth-order valence-corrected chi connectivity index (χ4v) is 2.77. The molecule has 0 aromatic heterocycles. The molecule has 1 aromatic rings. The van der Waals surface area contributed by atoms with Crippen LogP contribution in [0.15, 0.2) is 34.3 Å². The summed E-state index contributed by atoms with van der Waals surface area (Å²) in [4.78, 5) is 20.8. The average Bonchev–Trinajstić information content (AvgIpc) is 2.60. The Labute approximate surface area is 142 Å². The van der Waals surface area contributed by atoms with Crippen molar-refractivity contribution in [2.24, 2.45) is 5.16 Å². The lowest BCUT2D eigenvalue weighted by atomic mass is 10.0. The Kier molecular flexibility index (Phi) is 6.21. The van der Waals surface area contributed by atoms with Crippen LogP contribution in [0.1, 0.15) is 26.3 Å². The second-order valence-corrected chi connectivity index (χ2v) is 6.82. The molecule has 0 saturated carbocycles. The number of morpholine rings is 1. The molecular weight excluding hydrogens is 312 g/mol. The van der Waals surface area contributed by atoms with Gasteiger partial charge in [-0.1, -0.05) is 17.3 Å². The Balaban J connectivity index is 2.00. The summed E-state index contributed by atoms with van der Waals surface area (Å²) in [6.45, 7) is 8.28. The van der Waals surface area contributed by atoms with Crippen molar-refractivity contribution in [3.8, 4) is 0 Å². The molecule has 1 saturated heterocycles. The summed E-state index contributed by atoms with van der Waals surface area (Å²) in [5, 5.41) is 4.01. The van der Waals surface area contributed by atoms with Gasteiger partial charge in [0.1, 0.15) is 5.54 Å². The third-order valence-electron chi connectivity index (χ3n) is 4.07. The van der Waals surface area contributed by atoms with Crippen molar-refractivity contribution in [3.05, 3.63) is 29.8 Å². The number of oxime groups is 1. The van der Waals surface area contributed by atoms with Crippen molar-refractivity contribution in [1.29, 1.82) is 0 Å². The summed E-state index contributed by atoms with van der Waals surface area (Å²) >= 11 is 1.69. The highest BCUT2D eigenvalue weighted by Gasteiger charge is 2.37. The predicted octanol–water partition coefficient (Wildman–Crippen LogP) is 2.79. The number of nitrogens with zero attached hydrogens (tertiary/aromatic N) is 2. The number of carbonyl (C=O) groups excluding carboxylic acids is 1. The molecule has 1 heterocycles. The van der Waals surface area contributed by atoms with E-state index in [9.17, 15) is 4.79 Å². The van der Waals surface area contributed by atoms with Gasteiger partial charge in [0.15, 0.2) is 0 Å². The van der Waals surface area contributed by atoms with Crippen molar-refractivity contribution in [3.63, 3.8) is 0 Å². The minimum Gasteiger partial charge on any atom is -0.379 e. The van der Waals surface area contributed by atoms with Crippen LogP contribution in [-0.2, 0) is 14.4 Å². The Morgan fingerprint density at radius 2 is 1.87 bits per heavy atom. The normalized spacial score (nSPS) is 17.1. The quantitative estimate of drug-likeness (QED) is 0.358. The summed E-state index contributed by atoms with van der Waals surface area (Å²) in [5.74, 6) is -0.348. The molecule has 1 aliphatic rings. The van der Waals surface area contributed by atoms with Gasteiger partial charge >= 0.3 is 5.97 Å². The Morgan fingerprint density at radius 3 is 2.43 bits per heavy atom. The lowest BCUT2D eigenvalue weighted by molar-refractivity contribution is -0.159. The molecule has 0 bridgehead atoms. The molecule has 126 valence electrons. The molecule has 1 aliphatic heterocycles. The second kappa shape index (κ2) is 7.95. The molecule has 0 spiro atoms.